The van der Waals surface area contributed by atoms with Crippen LogP contribution >= 0.6 is 0 Å². The summed E-state index contributed by atoms with van der Waals surface area (Å²) in [6.45, 7) is 3.94. The van der Waals surface area contributed by atoms with Crippen LogP contribution in [0, 0.1) is 0 Å². The van der Waals surface area contributed by atoms with Crippen molar-refractivity contribution in [1.82, 2.24) is 10.3 Å². The van der Waals surface area contributed by atoms with Gasteiger partial charge in [-0.3, -0.25) is 15.1 Å². The lowest BCUT2D eigenvalue weighted by Crippen LogP contribution is -2.38. The SMILES string of the molecule is CCCC(N[C@@H](C)c1ccncc1)C(=O)O. The van der Waals surface area contributed by atoms with E-state index in [-0.39, 0.29) is 6.04 Å². The zero-order valence-electron chi connectivity index (χ0n) is 9.68. The molecule has 0 spiro atoms. The van der Waals surface area contributed by atoms with Crippen molar-refractivity contribution in [2.75, 3.05) is 0 Å². The molecule has 4 heteroatoms. The average Bonchev–Trinajstić information content (AvgIpc) is 2.29. The van der Waals surface area contributed by atoms with Gasteiger partial charge in [0.2, 0.25) is 0 Å². The molecule has 0 bridgehead atoms. The highest BCUT2D eigenvalue weighted by molar-refractivity contribution is 5.73. The first-order valence-electron chi connectivity index (χ1n) is 5.54. The Kier molecular flexibility index (Phi) is 4.92. The molecule has 1 unspecified atom stereocenters. The fraction of sp³-hybridized carbons (Fsp3) is 0.500. The molecule has 0 aliphatic heterocycles. The van der Waals surface area contributed by atoms with Crippen LogP contribution in [0.15, 0.2) is 24.5 Å². The van der Waals surface area contributed by atoms with E-state index in [1.165, 1.54) is 0 Å². The molecule has 0 aromatic carbocycles. The first-order chi connectivity index (χ1) is 7.65. The Hall–Kier alpha value is -1.42. The molecule has 0 amide bonds. The molecule has 0 radical (unpaired) electrons. The Labute approximate surface area is 95.7 Å². The second-order valence-corrected chi connectivity index (χ2v) is 3.85. The maximum atomic E-state index is 11.0. The van der Waals surface area contributed by atoms with Crippen molar-refractivity contribution in [2.24, 2.45) is 0 Å². The third-order valence-electron chi connectivity index (χ3n) is 2.53. The molecule has 2 N–H and O–H groups in total. The Morgan fingerprint density at radius 3 is 2.62 bits per heavy atom. The Bertz CT molecular complexity index is 327. The van der Waals surface area contributed by atoms with Crippen LogP contribution in [0.5, 0.6) is 0 Å². The van der Waals surface area contributed by atoms with E-state index in [9.17, 15) is 4.79 Å². The maximum absolute atomic E-state index is 11.0. The molecule has 2 atom stereocenters. The highest BCUT2D eigenvalue weighted by atomic mass is 16.4. The number of hydrogen-bond donors (Lipinski definition) is 2. The number of carboxylic acids is 1. The molecule has 1 rings (SSSR count). The highest BCUT2D eigenvalue weighted by Crippen LogP contribution is 2.12. The minimum absolute atomic E-state index is 0.0237. The summed E-state index contributed by atoms with van der Waals surface area (Å²) in [6, 6.07) is 3.33. The van der Waals surface area contributed by atoms with Crippen molar-refractivity contribution in [2.45, 2.75) is 38.8 Å². The average molecular weight is 222 g/mol. The number of carboxylic acid groups (broad SMARTS) is 1. The largest absolute Gasteiger partial charge is 0.480 e. The fourth-order valence-electron chi connectivity index (χ4n) is 1.62. The highest BCUT2D eigenvalue weighted by Gasteiger charge is 2.18. The zero-order valence-corrected chi connectivity index (χ0v) is 9.68. The van der Waals surface area contributed by atoms with Gasteiger partial charge in [0.05, 0.1) is 0 Å². The molecule has 88 valence electrons. The summed E-state index contributed by atoms with van der Waals surface area (Å²) in [5.74, 6) is -0.789. The van der Waals surface area contributed by atoms with Gasteiger partial charge in [0.15, 0.2) is 0 Å². The van der Waals surface area contributed by atoms with Crippen molar-refractivity contribution in [3.8, 4) is 0 Å². The molecular formula is C12H18N2O2. The molecule has 0 saturated heterocycles. The molecular weight excluding hydrogens is 204 g/mol. The monoisotopic (exact) mass is 222 g/mol. The Morgan fingerprint density at radius 2 is 2.12 bits per heavy atom. The Morgan fingerprint density at radius 1 is 1.50 bits per heavy atom. The van der Waals surface area contributed by atoms with Gasteiger partial charge in [-0.1, -0.05) is 13.3 Å². The van der Waals surface area contributed by atoms with Gasteiger partial charge in [0.1, 0.15) is 6.04 Å². The van der Waals surface area contributed by atoms with Gasteiger partial charge in [-0.05, 0) is 31.0 Å². The van der Waals surface area contributed by atoms with Crippen LogP contribution in [-0.2, 0) is 4.79 Å². The lowest BCUT2D eigenvalue weighted by atomic mass is 10.1. The summed E-state index contributed by atoms with van der Waals surface area (Å²) < 4.78 is 0. The van der Waals surface area contributed by atoms with E-state index >= 15 is 0 Å². The van der Waals surface area contributed by atoms with Gasteiger partial charge in [0.25, 0.3) is 0 Å². The predicted molar refractivity (Wildman–Crippen MR) is 62.1 cm³/mol. The van der Waals surface area contributed by atoms with Crippen molar-refractivity contribution >= 4 is 5.97 Å². The molecule has 4 nitrogen and oxygen atoms in total. The predicted octanol–water partition coefficient (Wildman–Crippen LogP) is 1.99. The third kappa shape index (κ3) is 3.62. The van der Waals surface area contributed by atoms with Gasteiger partial charge in [-0.15, -0.1) is 0 Å². The van der Waals surface area contributed by atoms with Crippen molar-refractivity contribution in [1.29, 1.82) is 0 Å². The lowest BCUT2D eigenvalue weighted by Gasteiger charge is -2.19. The summed E-state index contributed by atoms with van der Waals surface area (Å²) in [6.07, 6.45) is 4.92. The number of pyridine rings is 1. The summed E-state index contributed by atoms with van der Waals surface area (Å²) >= 11 is 0. The summed E-state index contributed by atoms with van der Waals surface area (Å²) in [5.41, 5.74) is 1.05. The number of hydrogen-bond acceptors (Lipinski definition) is 3. The number of nitrogens with zero attached hydrogens (tertiary/aromatic N) is 1. The van der Waals surface area contributed by atoms with Crippen molar-refractivity contribution < 1.29 is 9.90 Å². The van der Waals surface area contributed by atoms with Crippen LogP contribution in [0.25, 0.3) is 0 Å². The number of rotatable bonds is 6. The first kappa shape index (κ1) is 12.6. The minimum Gasteiger partial charge on any atom is -0.480 e. The standard InChI is InChI=1S/C12H18N2O2/c1-3-4-11(12(15)16)14-9(2)10-5-7-13-8-6-10/h5-9,11,14H,3-4H2,1-2H3,(H,15,16)/t9-,11?/m0/s1. The van der Waals surface area contributed by atoms with Crippen molar-refractivity contribution in [3.63, 3.8) is 0 Å². The second kappa shape index (κ2) is 6.23. The van der Waals surface area contributed by atoms with Gasteiger partial charge in [-0.2, -0.15) is 0 Å². The number of nitrogens with one attached hydrogen (secondary N) is 1. The van der Waals surface area contributed by atoms with Gasteiger partial charge >= 0.3 is 5.97 Å². The third-order valence-corrected chi connectivity index (χ3v) is 2.53. The molecule has 0 aliphatic rings. The number of aliphatic carboxylic acids is 1. The fourth-order valence-corrected chi connectivity index (χ4v) is 1.62. The zero-order chi connectivity index (χ0) is 12.0. The van der Waals surface area contributed by atoms with E-state index in [0.29, 0.717) is 6.42 Å². The van der Waals surface area contributed by atoms with Crippen LogP contribution in [-0.4, -0.2) is 22.1 Å². The van der Waals surface area contributed by atoms with Crippen LogP contribution in [0.2, 0.25) is 0 Å². The van der Waals surface area contributed by atoms with Gasteiger partial charge < -0.3 is 5.11 Å². The molecule has 1 aromatic heterocycles. The number of carbonyl (C=O) groups is 1. The molecule has 16 heavy (non-hydrogen) atoms. The minimum atomic E-state index is -0.789. The molecule has 0 aliphatic carbocycles. The Balaban J connectivity index is 2.61. The topological polar surface area (TPSA) is 62.2 Å². The van der Waals surface area contributed by atoms with E-state index in [1.54, 1.807) is 12.4 Å². The summed E-state index contributed by atoms with van der Waals surface area (Å²) in [7, 11) is 0. The van der Waals surface area contributed by atoms with Crippen LogP contribution in [0.4, 0.5) is 0 Å². The van der Waals surface area contributed by atoms with E-state index < -0.39 is 12.0 Å². The summed E-state index contributed by atoms with van der Waals surface area (Å²) in [5, 5.41) is 12.1. The quantitative estimate of drug-likeness (QED) is 0.772. The molecule has 0 saturated carbocycles. The van der Waals surface area contributed by atoms with Crippen molar-refractivity contribution in [3.05, 3.63) is 30.1 Å². The van der Waals surface area contributed by atoms with E-state index in [4.69, 9.17) is 5.11 Å². The number of aromatic nitrogens is 1. The van der Waals surface area contributed by atoms with E-state index in [1.807, 2.05) is 26.0 Å². The smallest absolute Gasteiger partial charge is 0.320 e. The van der Waals surface area contributed by atoms with Crippen LogP contribution < -0.4 is 5.32 Å². The van der Waals surface area contributed by atoms with Gasteiger partial charge in [-0.25, -0.2) is 0 Å². The molecule has 1 aromatic rings. The lowest BCUT2D eigenvalue weighted by molar-refractivity contribution is -0.139. The molecule has 0 fully saturated rings. The first-order valence-corrected chi connectivity index (χ1v) is 5.54. The normalized spacial score (nSPS) is 14.4. The van der Waals surface area contributed by atoms with Crippen LogP contribution in [0.3, 0.4) is 0 Å². The van der Waals surface area contributed by atoms with E-state index in [0.717, 1.165) is 12.0 Å². The summed E-state index contributed by atoms with van der Waals surface area (Å²) in [4.78, 5) is 14.9. The molecule has 1 heterocycles. The van der Waals surface area contributed by atoms with Crippen LogP contribution in [0.1, 0.15) is 38.3 Å². The maximum Gasteiger partial charge on any atom is 0.320 e. The van der Waals surface area contributed by atoms with Gasteiger partial charge in [0, 0.05) is 18.4 Å². The van der Waals surface area contributed by atoms with E-state index in [2.05, 4.69) is 10.3 Å². The second-order valence-electron chi connectivity index (χ2n) is 3.85.